The van der Waals surface area contributed by atoms with Crippen molar-refractivity contribution in [2.75, 3.05) is 0 Å². The molecule has 0 heterocycles. The van der Waals surface area contributed by atoms with E-state index in [1.807, 2.05) is 0 Å². The molecular formula is C78H134N2Ni. The SMILES string of the molecule is CCCCCCCCCCCCCCCCCCCCC/C=C/C(=Nc1ccc(CCCC)c(CCCC)c1)C(C#CCCCCCCCCCCCCCCCCCCCCCCC)=Nc1ccc(CCCC)c(CCCC)c1.[Ni]. The zero-order chi connectivity index (χ0) is 57.3. The van der Waals surface area contributed by atoms with E-state index in [1.54, 1.807) is 0 Å². The molecule has 81 heavy (non-hydrogen) atoms. The maximum atomic E-state index is 5.50. The summed E-state index contributed by atoms with van der Waals surface area (Å²) < 4.78 is 0. The van der Waals surface area contributed by atoms with Gasteiger partial charge in [0, 0.05) is 22.9 Å². The van der Waals surface area contributed by atoms with Crippen molar-refractivity contribution in [3.63, 3.8) is 0 Å². The van der Waals surface area contributed by atoms with E-state index in [0.29, 0.717) is 0 Å². The minimum absolute atomic E-state index is 0. The Morgan fingerprint density at radius 2 is 0.605 bits per heavy atom. The zero-order valence-electron chi connectivity index (χ0n) is 55.0. The van der Waals surface area contributed by atoms with Crippen molar-refractivity contribution in [2.24, 2.45) is 9.98 Å². The van der Waals surface area contributed by atoms with Crippen LogP contribution in [0.2, 0.25) is 0 Å². The van der Waals surface area contributed by atoms with E-state index in [9.17, 15) is 0 Å². The van der Waals surface area contributed by atoms with Crippen LogP contribution in [0.1, 0.15) is 385 Å². The minimum atomic E-state index is 0. The number of hydrogen-bond acceptors (Lipinski definition) is 2. The van der Waals surface area contributed by atoms with E-state index in [2.05, 4.69) is 102 Å². The second-order valence-electron chi connectivity index (χ2n) is 25.0. The average Bonchev–Trinajstić information content (AvgIpc) is 3.50. The van der Waals surface area contributed by atoms with Gasteiger partial charge in [-0.25, -0.2) is 9.98 Å². The van der Waals surface area contributed by atoms with Gasteiger partial charge in [0.2, 0.25) is 0 Å². The Hall–Kier alpha value is -2.43. The van der Waals surface area contributed by atoms with E-state index in [4.69, 9.17) is 9.98 Å². The Morgan fingerprint density at radius 1 is 0.321 bits per heavy atom. The third-order valence-electron chi connectivity index (χ3n) is 17.2. The molecule has 0 aliphatic carbocycles. The number of allylic oxidation sites excluding steroid dienone is 2. The summed E-state index contributed by atoms with van der Waals surface area (Å²) in [6, 6.07) is 14.0. The zero-order valence-corrected chi connectivity index (χ0v) is 56.0. The van der Waals surface area contributed by atoms with Crippen molar-refractivity contribution < 1.29 is 16.5 Å². The first-order valence-corrected chi connectivity index (χ1v) is 36.2. The molecule has 0 saturated heterocycles. The molecule has 2 aromatic rings. The molecule has 0 aromatic heterocycles. The van der Waals surface area contributed by atoms with E-state index in [1.165, 1.54) is 324 Å². The summed E-state index contributed by atoms with van der Waals surface area (Å²) in [5, 5.41) is 0. The van der Waals surface area contributed by atoms with Gasteiger partial charge in [-0.1, -0.05) is 335 Å². The molecule has 0 bridgehead atoms. The fourth-order valence-electron chi connectivity index (χ4n) is 11.7. The topological polar surface area (TPSA) is 24.7 Å². The Morgan fingerprint density at radius 3 is 0.938 bits per heavy atom. The van der Waals surface area contributed by atoms with Gasteiger partial charge in [0.15, 0.2) is 0 Å². The third-order valence-corrected chi connectivity index (χ3v) is 17.2. The number of benzene rings is 2. The van der Waals surface area contributed by atoms with E-state index < -0.39 is 0 Å². The third kappa shape index (κ3) is 44.7. The number of hydrogen-bond donors (Lipinski definition) is 0. The fraction of sp³-hybridized carbons (Fsp3) is 0.769. The van der Waals surface area contributed by atoms with Crippen LogP contribution in [-0.4, -0.2) is 11.4 Å². The van der Waals surface area contributed by atoms with Crippen LogP contribution >= 0.6 is 0 Å². The second-order valence-corrected chi connectivity index (χ2v) is 25.0. The maximum Gasteiger partial charge on any atom is 0.139 e. The Labute approximate surface area is 517 Å². The van der Waals surface area contributed by atoms with E-state index in [0.717, 1.165) is 67.7 Å². The molecule has 2 aromatic carbocycles. The molecule has 0 aliphatic rings. The summed E-state index contributed by atoms with van der Waals surface area (Å²) in [5.74, 6) is 7.34. The predicted octanol–water partition coefficient (Wildman–Crippen LogP) is 26.9. The Kier molecular flexibility index (Phi) is 56.1. The molecule has 0 spiro atoms. The molecule has 0 amide bonds. The molecule has 0 fully saturated rings. The first-order valence-electron chi connectivity index (χ1n) is 36.2. The molecule has 0 aliphatic heterocycles. The summed E-state index contributed by atoms with van der Waals surface area (Å²) in [5.41, 5.74) is 9.74. The van der Waals surface area contributed by atoms with Gasteiger partial charge in [-0.15, -0.1) is 0 Å². The molecule has 3 heteroatoms. The van der Waals surface area contributed by atoms with Crippen LogP contribution in [0.15, 0.2) is 58.5 Å². The van der Waals surface area contributed by atoms with Crippen LogP contribution in [-0.2, 0) is 42.2 Å². The van der Waals surface area contributed by atoms with Crippen molar-refractivity contribution >= 4 is 22.8 Å². The van der Waals surface area contributed by atoms with Crippen molar-refractivity contribution in [1.82, 2.24) is 0 Å². The normalized spacial score (nSPS) is 11.9. The predicted molar refractivity (Wildman–Crippen MR) is 364 cm³/mol. The summed E-state index contributed by atoms with van der Waals surface area (Å²) in [4.78, 5) is 11.0. The van der Waals surface area contributed by atoms with Crippen LogP contribution in [0, 0.1) is 11.8 Å². The number of aliphatic imine (C=N–C) groups is 2. The largest absolute Gasteiger partial charge is 0.246 e. The van der Waals surface area contributed by atoms with Gasteiger partial charge in [0.1, 0.15) is 5.71 Å². The summed E-state index contributed by atoms with van der Waals surface area (Å²) in [7, 11) is 0. The van der Waals surface area contributed by atoms with E-state index in [-0.39, 0.29) is 16.5 Å². The second kappa shape index (κ2) is 59.3. The van der Waals surface area contributed by atoms with Crippen LogP contribution in [0.3, 0.4) is 0 Å². The average molecular weight is 1160 g/mol. The molecule has 466 valence electrons. The summed E-state index contributed by atoms with van der Waals surface area (Å²) in [6.07, 6.45) is 77.4. The molecular weight excluding hydrogens is 1020 g/mol. The Balaban J connectivity index is 0.0000328. The number of nitrogens with zero attached hydrogens (tertiary/aromatic N) is 2. The number of aryl methyl sites for hydroxylation is 4. The summed E-state index contributed by atoms with van der Waals surface area (Å²) >= 11 is 0. The first kappa shape index (κ1) is 76.6. The van der Waals surface area contributed by atoms with Gasteiger partial charge in [-0.3, -0.25) is 0 Å². The molecule has 2 rings (SSSR count). The summed E-state index contributed by atoms with van der Waals surface area (Å²) in [6.45, 7) is 13.9. The van der Waals surface area contributed by atoms with Crippen LogP contribution < -0.4 is 0 Å². The van der Waals surface area contributed by atoms with Crippen LogP contribution in [0.4, 0.5) is 11.4 Å². The van der Waals surface area contributed by atoms with Gasteiger partial charge in [0.25, 0.3) is 0 Å². The van der Waals surface area contributed by atoms with Gasteiger partial charge in [-0.2, -0.15) is 0 Å². The molecule has 2 nitrogen and oxygen atoms in total. The first-order chi connectivity index (χ1) is 39.6. The van der Waals surface area contributed by atoms with Crippen molar-refractivity contribution in [3.05, 3.63) is 70.8 Å². The quantitative estimate of drug-likeness (QED) is 0.0273. The number of rotatable bonds is 57. The van der Waals surface area contributed by atoms with Crippen molar-refractivity contribution in [2.45, 2.75) is 388 Å². The van der Waals surface area contributed by atoms with E-state index >= 15 is 0 Å². The molecule has 0 unspecified atom stereocenters. The standard InChI is InChI=1S/C78H134N2.Ni/c1-7-13-19-21-23-25-27-29-31-33-35-37-38-40-42-44-46-48-50-52-54-56-58-64-78(80-76-68-66-72(60-16-10-4)74(70-76)62-18-12-6)77(79-75-67-65-71(59-15-9-3)73(69-75)61-17-11-5)63-57-55-53-51-49-47-45-43-41-39-36-34-32-30-28-26-24-22-20-14-8-2;/h57,63,65-70H,7-56,59-62H2,1-6H3;/b63-57+,79-77?,80-78?;. The van der Waals surface area contributed by atoms with Gasteiger partial charge >= 0.3 is 0 Å². The Bertz CT molecular complexity index is 1840. The van der Waals surface area contributed by atoms with Crippen LogP contribution in [0.5, 0.6) is 0 Å². The van der Waals surface area contributed by atoms with Gasteiger partial charge < -0.3 is 0 Å². The van der Waals surface area contributed by atoms with Crippen molar-refractivity contribution in [3.8, 4) is 11.8 Å². The minimum Gasteiger partial charge on any atom is -0.246 e. The fourth-order valence-corrected chi connectivity index (χ4v) is 11.7. The van der Waals surface area contributed by atoms with Gasteiger partial charge in [-0.05, 0) is 129 Å². The van der Waals surface area contributed by atoms with Gasteiger partial charge in [0.05, 0.1) is 17.1 Å². The van der Waals surface area contributed by atoms with Crippen molar-refractivity contribution in [1.29, 1.82) is 0 Å². The molecule has 0 saturated carbocycles. The monoisotopic (exact) mass is 1160 g/mol. The maximum absolute atomic E-state index is 5.50. The smallest absolute Gasteiger partial charge is 0.139 e. The van der Waals surface area contributed by atoms with Crippen LogP contribution in [0.25, 0.3) is 0 Å². The molecule has 0 atom stereocenters. The molecule has 0 radical (unpaired) electrons. The molecule has 0 N–H and O–H groups in total. The number of unbranched alkanes of at least 4 members (excludes halogenated alkanes) is 44.